The van der Waals surface area contributed by atoms with Crippen LogP contribution in [-0.2, 0) is 27.9 Å². The van der Waals surface area contributed by atoms with Gasteiger partial charge in [-0.1, -0.05) is 227 Å². The standard InChI is InChI=1S/C63H109N2O7P/c1-7-10-13-16-19-22-25-28-30-31-32-33-35-38-41-44-47-50-53-56-63(67)72-61(54-51-48-45-42-39-36-27-24-21-18-15-12-9-3)60(59-71-73(68,69)70-58-57-65(4,5)6)64-62(66)55-52-49-46-43-40-37-34-29-26-23-20-17-14-11-8-2/h10-11,13-14,17,19-20,22-23,26,28,30,32-33,38,41,51,54,60-61H,7-9,12,15-16,18,21,24-25,27,29,31,34-37,39-40,42-50,52-53,55-59H2,1-6H3,(H-,64,66,68,69)/b13-10-,14-11+,20-17+,22-19-,26-23+,30-28-,33-32-,41-38-,54-51+. The van der Waals surface area contributed by atoms with Crippen molar-refractivity contribution in [3.63, 3.8) is 0 Å². The largest absolute Gasteiger partial charge is 0.756 e. The molecule has 73 heavy (non-hydrogen) atoms. The van der Waals surface area contributed by atoms with Gasteiger partial charge in [-0.25, -0.2) is 0 Å². The van der Waals surface area contributed by atoms with Crippen molar-refractivity contribution in [2.24, 2.45) is 0 Å². The molecule has 0 rings (SSSR count). The molecule has 1 N–H and O–H groups in total. The topological polar surface area (TPSA) is 114 Å². The highest BCUT2D eigenvalue weighted by Gasteiger charge is 2.27. The van der Waals surface area contributed by atoms with Gasteiger partial charge in [-0.05, 0) is 96.0 Å². The van der Waals surface area contributed by atoms with E-state index < -0.39 is 26.6 Å². The first-order valence-corrected chi connectivity index (χ1v) is 30.7. The van der Waals surface area contributed by atoms with E-state index in [0.717, 1.165) is 103 Å². The van der Waals surface area contributed by atoms with Crippen molar-refractivity contribution in [2.75, 3.05) is 40.9 Å². The average molecular weight is 1040 g/mol. The number of nitrogens with one attached hydrogen (secondary N) is 1. The van der Waals surface area contributed by atoms with Crippen molar-refractivity contribution >= 4 is 19.7 Å². The third kappa shape index (κ3) is 53.3. The first kappa shape index (κ1) is 69.7. The second-order valence-electron chi connectivity index (χ2n) is 20.4. The fourth-order valence-electron chi connectivity index (χ4n) is 7.78. The molecule has 0 aliphatic heterocycles. The Morgan fingerprint density at radius 3 is 1.48 bits per heavy atom. The normalized spacial score (nSPS) is 14.6. The maximum atomic E-state index is 13.5. The predicted octanol–water partition coefficient (Wildman–Crippen LogP) is 17.1. The van der Waals surface area contributed by atoms with Crippen LogP contribution in [0.1, 0.15) is 226 Å². The summed E-state index contributed by atoms with van der Waals surface area (Å²) >= 11 is 0. The molecule has 0 aliphatic carbocycles. The molecule has 0 aromatic carbocycles. The molecule has 1 amide bonds. The van der Waals surface area contributed by atoms with Crippen molar-refractivity contribution in [1.29, 1.82) is 0 Å². The van der Waals surface area contributed by atoms with Crippen LogP contribution in [0.2, 0.25) is 0 Å². The summed E-state index contributed by atoms with van der Waals surface area (Å²) in [5.41, 5.74) is 0. The smallest absolute Gasteiger partial charge is 0.306 e. The number of carbonyl (C=O) groups is 2. The minimum atomic E-state index is -4.71. The summed E-state index contributed by atoms with van der Waals surface area (Å²) in [7, 11) is 1.14. The monoisotopic (exact) mass is 1040 g/mol. The van der Waals surface area contributed by atoms with E-state index in [1.807, 2.05) is 33.3 Å². The lowest BCUT2D eigenvalue weighted by Crippen LogP contribution is -2.47. The lowest BCUT2D eigenvalue weighted by atomic mass is 10.0. The Morgan fingerprint density at radius 1 is 0.507 bits per heavy atom. The molecule has 418 valence electrons. The first-order chi connectivity index (χ1) is 35.4. The number of esters is 1. The Hall–Kier alpha value is -3.33. The number of nitrogens with zero attached hydrogens (tertiary/aromatic N) is 1. The van der Waals surface area contributed by atoms with Gasteiger partial charge in [0, 0.05) is 12.8 Å². The van der Waals surface area contributed by atoms with Crippen LogP contribution < -0.4 is 10.2 Å². The van der Waals surface area contributed by atoms with Crippen molar-refractivity contribution in [1.82, 2.24) is 5.32 Å². The summed E-state index contributed by atoms with van der Waals surface area (Å²) in [5.74, 6) is -0.600. The van der Waals surface area contributed by atoms with E-state index in [0.29, 0.717) is 23.9 Å². The summed E-state index contributed by atoms with van der Waals surface area (Å²) in [5, 5.41) is 3.00. The van der Waals surface area contributed by atoms with Gasteiger partial charge in [0.15, 0.2) is 0 Å². The van der Waals surface area contributed by atoms with Crippen LogP contribution in [0.4, 0.5) is 0 Å². The number of rotatable bonds is 51. The van der Waals surface area contributed by atoms with E-state index in [1.165, 1.54) is 77.0 Å². The number of likely N-dealkylation sites (N-methyl/N-ethyl adjacent to an activating group) is 1. The molecule has 0 saturated heterocycles. The highest BCUT2D eigenvalue weighted by Crippen LogP contribution is 2.38. The molecule has 0 fully saturated rings. The summed E-state index contributed by atoms with van der Waals surface area (Å²) < 4.78 is 30.2. The molecule has 0 aromatic heterocycles. The third-order valence-corrected chi connectivity index (χ3v) is 13.2. The Kier molecular flexibility index (Phi) is 49.7. The number of quaternary nitrogens is 1. The van der Waals surface area contributed by atoms with E-state index in [4.69, 9.17) is 13.8 Å². The summed E-state index contributed by atoms with van der Waals surface area (Å²) in [6.45, 7) is 6.55. The van der Waals surface area contributed by atoms with Crippen LogP contribution in [0, 0.1) is 0 Å². The zero-order chi connectivity index (χ0) is 53.6. The van der Waals surface area contributed by atoms with Gasteiger partial charge in [-0.2, -0.15) is 0 Å². The van der Waals surface area contributed by atoms with Gasteiger partial charge in [0.1, 0.15) is 19.3 Å². The molecule has 3 unspecified atom stereocenters. The van der Waals surface area contributed by atoms with Gasteiger partial charge in [0.2, 0.25) is 5.91 Å². The van der Waals surface area contributed by atoms with E-state index >= 15 is 0 Å². The number of phosphoric ester groups is 1. The van der Waals surface area contributed by atoms with Gasteiger partial charge < -0.3 is 28.5 Å². The fourth-order valence-corrected chi connectivity index (χ4v) is 8.51. The minimum Gasteiger partial charge on any atom is -0.756 e. The van der Waals surface area contributed by atoms with Gasteiger partial charge in [-0.3, -0.25) is 14.2 Å². The van der Waals surface area contributed by atoms with E-state index in [9.17, 15) is 19.0 Å². The van der Waals surface area contributed by atoms with Crippen LogP contribution in [-0.4, -0.2) is 69.4 Å². The van der Waals surface area contributed by atoms with Crippen LogP contribution >= 0.6 is 7.82 Å². The number of unbranched alkanes of at least 4 members (excludes halogenated alkanes) is 21. The van der Waals surface area contributed by atoms with Gasteiger partial charge >= 0.3 is 5.97 Å². The number of allylic oxidation sites excluding steroid dienone is 17. The van der Waals surface area contributed by atoms with Crippen LogP contribution in [0.5, 0.6) is 0 Å². The molecule has 9 nitrogen and oxygen atoms in total. The number of hydrogen-bond donors (Lipinski definition) is 1. The number of hydrogen-bond acceptors (Lipinski definition) is 7. The molecule has 0 aliphatic rings. The molecule has 0 spiro atoms. The molecule has 0 radical (unpaired) electrons. The predicted molar refractivity (Wildman–Crippen MR) is 311 cm³/mol. The van der Waals surface area contributed by atoms with Crippen molar-refractivity contribution in [3.05, 3.63) is 109 Å². The summed E-state index contributed by atoms with van der Waals surface area (Å²) in [6, 6.07) is -0.915. The highest BCUT2D eigenvalue weighted by atomic mass is 31.2. The zero-order valence-electron chi connectivity index (χ0n) is 47.5. The second kappa shape index (κ2) is 52.1. The maximum Gasteiger partial charge on any atom is 0.306 e. The molecule has 0 heterocycles. The minimum absolute atomic E-state index is 0.0362. The van der Waals surface area contributed by atoms with E-state index in [1.54, 1.807) is 0 Å². The number of carbonyl (C=O) groups excluding carboxylic acids is 2. The molecular weight excluding hydrogens is 928 g/mol. The lowest BCUT2D eigenvalue weighted by Gasteiger charge is -2.30. The lowest BCUT2D eigenvalue weighted by molar-refractivity contribution is -0.870. The molecule has 10 heteroatoms. The van der Waals surface area contributed by atoms with Crippen molar-refractivity contribution < 1.29 is 37.3 Å². The number of ether oxygens (including phenoxy) is 1. The number of amides is 1. The zero-order valence-corrected chi connectivity index (χ0v) is 48.4. The Balaban J connectivity index is 5.44. The van der Waals surface area contributed by atoms with Gasteiger partial charge in [-0.15, -0.1) is 0 Å². The average Bonchev–Trinajstić information content (AvgIpc) is 3.35. The second-order valence-corrected chi connectivity index (χ2v) is 21.9. The number of phosphoric acid groups is 1. The molecule has 0 aromatic rings. The van der Waals surface area contributed by atoms with Crippen LogP contribution in [0.3, 0.4) is 0 Å². The van der Waals surface area contributed by atoms with Gasteiger partial charge in [0.05, 0.1) is 33.8 Å². The molecule has 0 saturated carbocycles. The van der Waals surface area contributed by atoms with Crippen LogP contribution in [0.25, 0.3) is 0 Å². The van der Waals surface area contributed by atoms with Crippen molar-refractivity contribution in [3.8, 4) is 0 Å². The summed E-state index contributed by atoms with van der Waals surface area (Å²) in [4.78, 5) is 39.9. The highest BCUT2D eigenvalue weighted by molar-refractivity contribution is 7.45. The Bertz CT molecular complexity index is 1620. The quantitative estimate of drug-likeness (QED) is 0.0161. The molecule has 3 atom stereocenters. The van der Waals surface area contributed by atoms with E-state index in [2.05, 4.69) is 123 Å². The van der Waals surface area contributed by atoms with Crippen LogP contribution in [0.15, 0.2) is 109 Å². The maximum absolute atomic E-state index is 13.5. The summed E-state index contributed by atoms with van der Waals surface area (Å²) in [6.07, 6.45) is 70.5. The Labute approximate surface area is 449 Å². The molecule has 0 bridgehead atoms. The van der Waals surface area contributed by atoms with Gasteiger partial charge in [0.25, 0.3) is 7.82 Å². The Morgan fingerprint density at radius 2 is 0.945 bits per heavy atom. The van der Waals surface area contributed by atoms with Crippen molar-refractivity contribution in [2.45, 2.75) is 238 Å². The molecular formula is C63H109N2O7P. The third-order valence-electron chi connectivity index (χ3n) is 12.3. The fraction of sp³-hybridized carbons (Fsp3) is 0.683. The SMILES string of the molecule is CC/C=C\C/C=C\C/C=C\C/C=C\C/C=C\CCCCCC(=O)OC(/C=C/CCCCCCCCCCCCC)C(COP(=O)([O-])OCC[N+](C)(C)C)NC(=O)CCCCCCCCC/C=C/C=C/C=C/CC. The first-order valence-electron chi connectivity index (χ1n) is 29.2. The van der Waals surface area contributed by atoms with E-state index in [-0.39, 0.29) is 31.3 Å².